The van der Waals surface area contributed by atoms with Crippen molar-refractivity contribution in [2.24, 2.45) is 0 Å². The predicted octanol–water partition coefficient (Wildman–Crippen LogP) is 1.26. The average Bonchev–Trinajstić information content (AvgIpc) is 2.80. The molecule has 1 amide bonds. The summed E-state index contributed by atoms with van der Waals surface area (Å²) < 4.78 is 4.74. The first-order valence-corrected chi connectivity index (χ1v) is 6.29. The van der Waals surface area contributed by atoms with E-state index in [1.807, 2.05) is 24.3 Å². The van der Waals surface area contributed by atoms with E-state index in [0.717, 1.165) is 12.2 Å². The maximum Gasteiger partial charge on any atom is 0.328 e. The molecule has 102 valence electrons. The standard InChI is InChI=1S/C14H18N2O3/c1-9(17)16-13(14(18)19-2)7-10-8-15-12-6-4-3-5-11(10)12/h3-6,10,13,15H,7-8H2,1-2H3,(H,16,17)/t10?,13-/m0/s1. The van der Waals surface area contributed by atoms with Crippen molar-refractivity contribution in [1.29, 1.82) is 0 Å². The second kappa shape index (κ2) is 5.73. The predicted molar refractivity (Wildman–Crippen MR) is 71.9 cm³/mol. The molecule has 0 spiro atoms. The number of fused-ring (bicyclic) bond motifs is 1. The number of amides is 1. The lowest BCUT2D eigenvalue weighted by Gasteiger charge is -2.19. The number of hydrogen-bond acceptors (Lipinski definition) is 4. The molecule has 1 aromatic rings. The van der Waals surface area contributed by atoms with Gasteiger partial charge in [-0.2, -0.15) is 0 Å². The number of carbonyl (C=O) groups excluding carboxylic acids is 2. The van der Waals surface area contributed by atoms with E-state index in [1.165, 1.54) is 19.6 Å². The van der Waals surface area contributed by atoms with Gasteiger partial charge in [-0.15, -0.1) is 0 Å². The summed E-state index contributed by atoms with van der Waals surface area (Å²) in [5, 5.41) is 5.95. The summed E-state index contributed by atoms with van der Waals surface area (Å²) in [7, 11) is 1.33. The van der Waals surface area contributed by atoms with Crippen molar-refractivity contribution >= 4 is 17.6 Å². The molecule has 0 aromatic heterocycles. The van der Waals surface area contributed by atoms with Gasteiger partial charge in [0.1, 0.15) is 6.04 Å². The highest BCUT2D eigenvalue weighted by Gasteiger charge is 2.29. The van der Waals surface area contributed by atoms with Crippen LogP contribution in [0.15, 0.2) is 24.3 Å². The number of benzene rings is 1. The summed E-state index contributed by atoms with van der Waals surface area (Å²) in [4.78, 5) is 22.8. The Balaban J connectivity index is 2.10. The van der Waals surface area contributed by atoms with Crippen molar-refractivity contribution in [1.82, 2.24) is 5.32 Å². The number of para-hydroxylation sites is 1. The third-order valence-electron chi connectivity index (χ3n) is 3.32. The molecule has 2 rings (SSSR count). The van der Waals surface area contributed by atoms with Crippen LogP contribution in [-0.4, -0.2) is 31.6 Å². The van der Waals surface area contributed by atoms with E-state index in [4.69, 9.17) is 4.74 Å². The molecule has 2 N–H and O–H groups in total. The van der Waals surface area contributed by atoms with E-state index in [0.29, 0.717) is 6.42 Å². The summed E-state index contributed by atoms with van der Waals surface area (Å²) in [6.07, 6.45) is 0.538. The SMILES string of the molecule is COC(=O)[C@H](CC1CNc2ccccc21)NC(C)=O. The molecule has 0 fully saturated rings. The molecule has 0 saturated heterocycles. The van der Waals surface area contributed by atoms with Crippen LogP contribution in [0.4, 0.5) is 5.69 Å². The van der Waals surface area contributed by atoms with Gasteiger partial charge in [0.2, 0.25) is 5.91 Å². The molecule has 2 atom stereocenters. The van der Waals surface area contributed by atoms with Crippen LogP contribution < -0.4 is 10.6 Å². The highest BCUT2D eigenvalue weighted by Crippen LogP contribution is 2.34. The van der Waals surface area contributed by atoms with Crippen LogP contribution in [0.2, 0.25) is 0 Å². The van der Waals surface area contributed by atoms with Crippen molar-refractivity contribution in [3.05, 3.63) is 29.8 Å². The Kier molecular flexibility index (Phi) is 4.04. The Morgan fingerprint density at radius 3 is 2.89 bits per heavy atom. The summed E-state index contributed by atoms with van der Waals surface area (Å²) in [5.74, 6) is -0.429. The molecule has 5 heteroatoms. The Hall–Kier alpha value is -2.04. The van der Waals surface area contributed by atoms with Crippen molar-refractivity contribution in [2.75, 3.05) is 19.0 Å². The number of ether oxygens (including phenoxy) is 1. The van der Waals surface area contributed by atoms with Crippen LogP contribution >= 0.6 is 0 Å². The zero-order valence-corrected chi connectivity index (χ0v) is 11.1. The fraction of sp³-hybridized carbons (Fsp3) is 0.429. The lowest BCUT2D eigenvalue weighted by molar-refractivity contribution is -0.145. The zero-order valence-electron chi connectivity index (χ0n) is 11.1. The molecule has 0 aliphatic carbocycles. The number of esters is 1. The molecular weight excluding hydrogens is 244 g/mol. The first kappa shape index (κ1) is 13.4. The first-order chi connectivity index (χ1) is 9.11. The van der Waals surface area contributed by atoms with Gasteiger partial charge in [-0.05, 0) is 18.1 Å². The third-order valence-corrected chi connectivity index (χ3v) is 3.32. The van der Waals surface area contributed by atoms with E-state index >= 15 is 0 Å². The van der Waals surface area contributed by atoms with Gasteiger partial charge in [0.15, 0.2) is 0 Å². The number of anilines is 1. The van der Waals surface area contributed by atoms with E-state index in [2.05, 4.69) is 10.6 Å². The molecule has 1 aliphatic rings. The Morgan fingerprint density at radius 2 is 2.21 bits per heavy atom. The summed E-state index contributed by atoms with van der Waals surface area (Å²) in [5.41, 5.74) is 2.28. The molecule has 0 radical (unpaired) electrons. The minimum atomic E-state index is -0.597. The van der Waals surface area contributed by atoms with Crippen LogP contribution in [-0.2, 0) is 14.3 Å². The molecule has 1 aliphatic heterocycles. The lowest BCUT2D eigenvalue weighted by atomic mass is 9.94. The number of rotatable bonds is 4. The van der Waals surface area contributed by atoms with Gasteiger partial charge in [-0.1, -0.05) is 18.2 Å². The summed E-state index contributed by atoms with van der Waals surface area (Å²) in [6.45, 7) is 2.17. The quantitative estimate of drug-likeness (QED) is 0.802. The van der Waals surface area contributed by atoms with E-state index in [-0.39, 0.29) is 11.8 Å². The van der Waals surface area contributed by atoms with Crippen molar-refractivity contribution in [2.45, 2.75) is 25.3 Å². The molecule has 5 nitrogen and oxygen atoms in total. The topological polar surface area (TPSA) is 67.4 Å². The van der Waals surface area contributed by atoms with Gasteiger partial charge in [0.25, 0.3) is 0 Å². The van der Waals surface area contributed by atoms with Crippen LogP contribution in [0.1, 0.15) is 24.8 Å². The van der Waals surface area contributed by atoms with Gasteiger partial charge in [-0.3, -0.25) is 4.79 Å². The smallest absolute Gasteiger partial charge is 0.328 e. The van der Waals surface area contributed by atoms with Crippen LogP contribution in [0.25, 0.3) is 0 Å². The van der Waals surface area contributed by atoms with Gasteiger partial charge >= 0.3 is 5.97 Å². The minimum Gasteiger partial charge on any atom is -0.467 e. The van der Waals surface area contributed by atoms with Crippen LogP contribution in [0.3, 0.4) is 0 Å². The minimum absolute atomic E-state index is 0.201. The summed E-state index contributed by atoms with van der Waals surface area (Å²) in [6, 6.07) is 7.41. The van der Waals surface area contributed by atoms with Crippen molar-refractivity contribution in [3.63, 3.8) is 0 Å². The normalized spacial score (nSPS) is 18.1. The Morgan fingerprint density at radius 1 is 1.47 bits per heavy atom. The zero-order chi connectivity index (χ0) is 13.8. The molecular formula is C14H18N2O3. The van der Waals surface area contributed by atoms with E-state index in [9.17, 15) is 9.59 Å². The van der Waals surface area contributed by atoms with Gasteiger partial charge in [0, 0.05) is 25.1 Å². The Bertz CT molecular complexity index is 487. The second-order valence-electron chi connectivity index (χ2n) is 4.68. The largest absolute Gasteiger partial charge is 0.467 e. The number of carbonyl (C=O) groups is 2. The number of hydrogen-bond donors (Lipinski definition) is 2. The maximum atomic E-state index is 11.7. The monoisotopic (exact) mass is 262 g/mol. The molecule has 0 saturated carbocycles. The second-order valence-corrected chi connectivity index (χ2v) is 4.68. The third kappa shape index (κ3) is 3.05. The first-order valence-electron chi connectivity index (χ1n) is 6.29. The fourth-order valence-electron chi connectivity index (χ4n) is 2.45. The van der Waals surface area contributed by atoms with E-state index < -0.39 is 12.0 Å². The van der Waals surface area contributed by atoms with Crippen LogP contribution in [0, 0.1) is 0 Å². The molecule has 1 heterocycles. The van der Waals surface area contributed by atoms with Gasteiger partial charge in [0.05, 0.1) is 7.11 Å². The number of nitrogens with one attached hydrogen (secondary N) is 2. The lowest BCUT2D eigenvalue weighted by Crippen LogP contribution is -2.41. The highest BCUT2D eigenvalue weighted by molar-refractivity contribution is 5.83. The molecule has 19 heavy (non-hydrogen) atoms. The Labute approximate surface area is 112 Å². The molecule has 0 bridgehead atoms. The highest BCUT2D eigenvalue weighted by atomic mass is 16.5. The van der Waals surface area contributed by atoms with Crippen LogP contribution in [0.5, 0.6) is 0 Å². The van der Waals surface area contributed by atoms with Gasteiger partial charge in [-0.25, -0.2) is 4.79 Å². The number of methoxy groups -OCH3 is 1. The average molecular weight is 262 g/mol. The molecule has 1 aromatic carbocycles. The van der Waals surface area contributed by atoms with Crippen molar-refractivity contribution in [3.8, 4) is 0 Å². The van der Waals surface area contributed by atoms with Gasteiger partial charge < -0.3 is 15.4 Å². The molecule has 1 unspecified atom stereocenters. The van der Waals surface area contributed by atoms with Crippen molar-refractivity contribution < 1.29 is 14.3 Å². The van der Waals surface area contributed by atoms with E-state index in [1.54, 1.807) is 0 Å². The fourth-order valence-corrected chi connectivity index (χ4v) is 2.45. The maximum absolute atomic E-state index is 11.7. The summed E-state index contributed by atoms with van der Waals surface area (Å²) >= 11 is 0.